The van der Waals surface area contributed by atoms with Crippen molar-refractivity contribution in [1.29, 1.82) is 5.26 Å². The summed E-state index contributed by atoms with van der Waals surface area (Å²) in [6.45, 7) is 12.5. The Morgan fingerprint density at radius 1 is 0.844 bits per heavy atom. The van der Waals surface area contributed by atoms with Crippen molar-refractivity contribution in [2.45, 2.75) is 82.2 Å². The number of aliphatic imine (C=N–C) groups is 1. The molecule has 0 N–H and O–H groups in total. The molecule has 0 amide bonds. The average Bonchev–Trinajstić information content (AvgIpc) is 3.35. The van der Waals surface area contributed by atoms with Crippen molar-refractivity contribution in [3.63, 3.8) is 0 Å². The highest BCUT2D eigenvalue weighted by Gasteiger charge is 2.42. The fourth-order valence-electron chi connectivity index (χ4n) is 5.75. The van der Waals surface area contributed by atoms with Gasteiger partial charge >= 0.3 is 0 Å². The monoisotopic (exact) mass is 757 g/mol. The Morgan fingerprint density at radius 3 is 1.89 bits per heavy atom. The van der Waals surface area contributed by atoms with Crippen LogP contribution in [0.15, 0.2) is 61.6 Å². The lowest BCUT2D eigenvalue weighted by molar-refractivity contribution is -0.0245. The minimum Gasteiger partial charge on any atom is -0.484 e. The van der Waals surface area contributed by atoms with E-state index in [1.54, 1.807) is 0 Å². The number of nitriles is 1. The van der Waals surface area contributed by atoms with Gasteiger partial charge in [0, 0.05) is 34.1 Å². The van der Waals surface area contributed by atoms with Crippen molar-refractivity contribution >= 4 is 57.5 Å². The molecule has 2 saturated heterocycles. The molecule has 0 aliphatic carbocycles. The van der Waals surface area contributed by atoms with E-state index < -0.39 is 13.8 Å². The molecule has 240 valence electrons. The Bertz CT molecular complexity index is 1480. The number of benzene rings is 2. The lowest BCUT2D eigenvalue weighted by Gasteiger charge is -2.38. The zero-order valence-corrected chi connectivity index (χ0v) is 30.5. The van der Waals surface area contributed by atoms with Crippen molar-refractivity contribution in [3.05, 3.63) is 63.0 Å². The Morgan fingerprint density at radius 2 is 1.38 bits per heavy atom. The molecular weight excluding hydrogens is 718 g/mol. The van der Waals surface area contributed by atoms with Gasteiger partial charge in [-0.15, -0.1) is 0 Å². The number of rotatable bonds is 1. The molecule has 0 radical (unpaired) electrons. The van der Waals surface area contributed by atoms with Crippen molar-refractivity contribution in [2.24, 2.45) is 9.65 Å². The first kappa shape index (κ1) is 35.3. The van der Waals surface area contributed by atoms with E-state index in [4.69, 9.17) is 24.2 Å². The number of carbonyl (C=O) groups excluding carboxylic acids is 1. The van der Waals surface area contributed by atoms with Crippen molar-refractivity contribution < 1.29 is 23.7 Å². The van der Waals surface area contributed by atoms with Gasteiger partial charge < -0.3 is 18.9 Å². The number of ether oxygens (including phenoxy) is 4. The van der Waals surface area contributed by atoms with Gasteiger partial charge in [0.15, 0.2) is 14.0 Å². The highest BCUT2D eigenvalue weighted by atomic mass is 79.9. The zero-order chi connectivity index (χ0) is 32.5. The number of halogens is 2. The maximum atomic E-state index is 12.3. The largest absolute Gasteiger partial charge is 0.484 e. The van der Waals surface area contributed by atoms with Crippen LogP contribution in [-0.2, 0) is 9.47 Å². The van der Waals surface area contributed by atoms with Gasteiger partial charge in [-0.3, -0.25) is 9.45 Å². The Balaban J connectivity index is 0.000000171. The predicted octanol–water partition coefficient (Wildman–Crippen LogP) is 8.47. The summed E-state index contributed by atoms with van der Waals surface area (Å²) >= 11 is 6.84. The van der Waals surface area contributed by atoms with E-state index >= 15 is 0 Å². The summed E-state index contributed by atoms with van der Waals surface area (Å²) in [7, 11) is -1.21. The average molecular weight is 760 g/mol. The van der Waals surface area contributed by atoms with Gasteiger partial charge in [0.2, 0.25) is 6.19 Å². The van der Waals surface area contributed by atoms with Crippen molar-refractivity contribution in [1.82, 2.24) is 0 Å². The standard InChI is InChI=1S/C15H15BrN2O2.C14H15BrO3.C5H11NSi/c16-11-3-4-14-12(7-11)13(18-10-17)8-15(20-14)5-1-2-6-19-9-15;15-10-3-4-13-11(7-10)12(16)8-14(18-13)5-1-2-6-17-9-14;1-5-6-7(2,3)4/h3-4,7H,1-2,5-6,8-9H2;3-4,7H,1-2,5-6,8-9H2;1H2,2-4H3. The molecule has 11 heteroatoms. The molecule has 6 rings (SSSR count). The maximum absolute atomic E-state index is 12.3. The fourth-order valence-corrected chi connectivity index (χ4v) is 6.95. The van der Waals surface area contributed by atoms with E-state index in [0.717, 1.165) is 77.7 Å². The number of nitrogens with zero attached hydrogens (tertiary/aromatic N) is 3. The highest BCUT2D eigenvalue weighted by molar-refractivity contribution is 9.10. The van der Waals surface area contributed by atoms with E-state index in [0.29, 0.717) is 37.4 Å². The third kappa shape index (κ3) is 9.95. The highest BCUT2D eigenvalue weighted by Crippen LogP contribution is 2.40. The molecular formula is C34H41Br2N3O5Si. The molecule has 4 heterocycles. The lowest BCUT2D eigenvalue weighted by Crippen LogP contribution is -2.45. The van der Waals surface area contributed by atoms with Gasteiger partial charge in [0.25, 0.3) is 0 Å². The summed E-state index contributed by atoms with van der Waals surface area (Å²) in [6.07, 6.45) is 9.04. The summed E-state index contributed by atoms with van der Waals surface area (Å²) in [5.41, 5.74) is 1.57. The second kappa shape index (κ2) is 15.8. The zero-order valence-electron chi connectivity index (χ0n) is 26.3. The third-order valence-electron chi connectivity index (χ3n) is 7.79. The van der Waals surface area contributed by atoms with Crippen molar-refractivity contribution in [2.75, 3.05) is 26.4 Å². The lowest BCUT2D eigenvalue weighted by atomic mass is 9.86. The molecule has 4 aliphatic heterocycles. The molecule has 45 heavy (non-hydrogen) atoms. The first-order valence-electron chi connectivity index (χ1n) is 15.3. The van der Waals surface area contributed by atoms with E-state index in [1.807, 2.05) is 42.6 Å². The van der Waals surface area contributed by atoms with Crippen LogP contribution in [0.4, 0.5) is 0 Å². The van der Waals surface area contributed by atoms with Gasteiger partial charge in [-0.1, -0.05) is 31.9 Å². The summed E-state index contributed by atoms with van der Waals surface area (Å²) in [4.78, 5) is 16.3. The minimum absolute atomic E-state index is 0.156. The summed E-state index contributed by atoms with van der Waals surface area (Å²) < 4.78 is 29.5. The van der Waals surface area contributed by atoms with Gasteiger partial charge in [-0.2, -0.15) is 10.3 Å². The van der Waals surface area contributed by atoms with Gasteiger partial charge in [0.1, 0.15) is 22.7 Å². The Hall–Kier alpha value is -2.58. The Kier molecular flexibility index (Phi) is 12.4. The molecule has 0 saturated carbocycles. The summed E-state index contributed by atoms with van der Waals surface area (Å²) in [6, 6.07) is 11.4. The molecule has 2 aromatic rings. The fraction of sp³-hybridized carbons (Fsp3) is 0.500. The topological polar surface area (TPSA) is 102 Å². The number of ketones is 1. The van der Waals surface area contributed by atoms with Crippen LogP contribution in [0, 0.1) is 11.5 Å². The Labute approximate surface area is 284 Å². The van der Waals surface area contributed by atoms with Crippen LogP contribution in [-0.4, -0.2) is 63.2 Å². The normalized spacial score (nSPS) is 24.8. The van der Waals surface area contributed by atoms with Gasteiger partial charge in [-0.25, -0.2) is 0 Å². The number of hydrogen-bond donors (Lipinski definition) is 0. The third-order valence-corrected chi connectivity index (χ3v) is 9.61. The molecule has 4 aliphatic rings. The summed E-state index contributed by atoms with van der Waals surface area (Å²) in [5, 5.41) is 8.93. The number of Topliss-reactive ketones (excluding diaryl/α,β-unsaturated/α-hetero) is 1. The van der Waals surface area contributed by atoms with E-state index in [1.165, 1.54) is 0 Å². The van der Waals surface area contributed by atoms with E-state index in [-0.39, 0.29) is 11.4 Å². The van der Waals surface area contributed by atoms with Crippen LogP contribution in [0.5, 0.6) is 11.5 Å². The minimum atomic E-state index is -1.21. The maximum Gasteiger partial charge on any atom is 0.205 e. The van der Waals surface area contributed by atoms with Crippen LogP contribution in [0.2, 0.25) is 19.6 Å². The second-order valence-electron chi connectivity index (χ2n) is 12.7. The molecule has 2 unspecified atom stereocenters. The first-order valence-corrected chi connectivity index (χ1v) is 20.4. The predicted molar refractivity (Wildman–Crippen MR) is 186 cm³/mol. The molecule has 8 nitrogen and oxygen atoms in total. The first-order chi connectivity index (χ1) is 21.5. The van der Waals surface area contributed by atoms with Crippen molar-refractivity contribution in [3.8, 4) is 17.7 Å². The van der Waals surface area contributed by atoms with Crippen LogP contribution in [0.3, 0.4) is 0 Å². The molecule has 2 aromatic carbocycles. The second-order valence-corrected chi connectivity index (χ2v) is 19.1. The van der Waals surface area contributed by atoms with Crippen LogP contribution in [0.25, 0.3) is 0 Å². The molecule has 2 atom stereocenters. The van der Waals surface area contributed by atoms with E-state index in [2.05, 4.69) is 73.6 Å². The van der Waals surface area contributed by atoms with Gasteiger partial charge in [-0.05, 0) is 107 Å². The number of carbonyl (C=O) groups is 1. The number of fused-ring (bicyclic) bond motifs is 2. The molecule has 0 bridgehead atoms. The molecule has 2 fully saturated rings. The van der Waals surface area contributed by atoms with E-state index in [9.17, 15) is 4.79 Å². The quantitative estimate of drug-likeness (QED) is 0.164. The smallest absolute Gasteiger partial charge is 0.205 e. The summed E-state index contributed by atoms with van der Waals surface area (Å²) in [5.74, 6) is 4.19. The molecule has 2 spiro atoms. The number of hydrogen-bond acceptors (Lipinski definition) is 8. The van der Waals surface area contributed by atoms with Gasteiger partial charge in [0.05, 0.1) is 30.9 Å². The SMILES string of the molecule is C=C=N[Si](C)(C)C.N#CN=C1CC2(CCCCOC2)Oc2ccc(Br)cc21.O=C1CC2(CCCCOC2)Oc2ccc(Br)cc21. The van der Waals surface area contributed by atoms with Crippen LogP contribution in [0.1, 0.15) is 67.3 Å². The van der Waals surface area contributed by atoms with Crippen LogP contribution >= 0.6 is 31.9 Å². The van der Waals surface area contributed by atoms with Crippen LogP contribution < -0.4 is 9.47 Å². The molecule has 0 aromatic heterocycles.